The maximum Gasteiger partial charge on any atom is 0.303 e. The molecule has 0 aliphatic heterocycles. The molecule has 0 heterocycles. The number of hydrogen-bond donors (Lipinski definition) is 1. The van der Waals surface area contributed by atoms with Crippen LogP contribution in [0.4, 0.5) is 0 Å². The van der Waals surface area contributed by atoms with Gasteiger partial charge in [-0.05, 0) is 44.9 Å². The number of rotatable bonds is 13. The summed E-state index contributed by atoms with van der Waals surface area (Å²) < 4.78 is 0. The first-order valence-electron chi connectivity index (χ1n) is 8.24. The van der Waals surface area contributed by atoms with E-state index < -0.39 is 5.97 Å². The van der Waals surface area contributed by atoms with E-state index in [2.05, 4.69) is 67.7 Å². The highest BCUT2D eigenvalue weighted by atomic mass is 16.4. The number of allylic oxidation sites excluding steroid dienone is 10. The van der Waals surface area contributed by atoms with E-state index in [1.807, 2.05) is 0 Å². The molecule has 22 heavy (non-hydrogen) atoms. The van der Waals surface area contributed by atoms with Gasteiger partial charge in [-0.25, -0.2) is 0 Å². The van der Waals surface area contributed by atoms with E-state index >= 15 is 0 Å². The molecule has 0 aromatic rings. The van der Waals surface area contributed by atoms with E-state index in [1.54, 1.807) is 0 Å². The van der Waals surface area contributed by atoms with E-state index in [0.717, 1.165) is 44.9 Å². The topological polar surface area (TPSA) is 37.3 Å². The van der Waals surface area contributed by atoms with E-state index in [9.17, 15) is 4.79 Å². The molecule has 2 heteroatoms. The summed E-state index contributed by atoms with van der Waals surface area (Å²) >= 11 is 0. The van der Waals surface area contributed by atoms with Crippen molar-refractivity contribution in [3.05, 3.63) is 60.8 Å². The molecule has 0 atom stereocenters. The second-order valence-corrected chi connectivity index (χ2v) is 4.99. The van der Waals surface area contributed by atoms with Gasteiger partial charge in [0.15, 0.2) is 0 Å². The number of aliphatic carboxylic acids is 1. The summed E-state index contributed by atoms with van der Waals surface area (Å²) in [5, 5.41) is 8.49. The van der Waals surface area contributed by atoms with Crippen LogP contribution in [0.25, 0.3) is 0 Å². The summed E-state index contributed by atoms with van der Waals surface area (Å²) in [6.45, 7) is 2.14. The Kier molecular flexibility index (Phi) is 15.8. The Morgan fingerprint density at radius 1 is 0.727 bits per heavy atom. The Morgan fingerprint density at radius 2 is 1.14 bits per heavy atom. The van der Waals surface area contributed by atoms with Gasteiger partial charge in [0.1, 0.15) is 0 Å². The molecule has 0 unspecified atom stereocenters. The lowest BCUT2D eigenvalue weighted by atomic mass is 10.2. The van der Waals surface area contributed by atoms with Crippen LogP contribution < -0.4 is 0 Å². The zero-order valence-electron chi connectivity index (χ0n) is 13.8. The van der Waals surface area contributed by atoms with Crippen LogP contribution in [-0.2, 0) is 4.79 Å². The Morgan fingerprint density at radius 3 is 1.55 bits per heavy atom. The van der Waals surface area contributed by atoms with Crippen molar-refractivity contribution in [3.63, 3.8) is 0 Å². The number of carboxylic acid groups (broad SMARTS) is 1. The molecule has 0 saturated carbocycles. The number of carboxylic acids is 1. The normalized spacial score (nSPS) is 12.8. The molecule has 0 amide bonds. The van der Waals surface area contributed by atoms with Gasteiger partial charge in [-0.3, -0.25) is 4.79 Å². The number of hydrogen-bond acceptors (Lipinski definition) is 1. The van der Waals surface area contributed by atoms with Crippen LogP contribution in [-0.4, -0.2) is 11.1 Å². The van der Waals surface area contributed by atoms with Crippen LogP contribution >= 0.6 is 0 Å². The Hall–Kier alpha value is -1.83. The van der Waals surface area contributed by atoms with Crippen molar-refractivity contribution in [3.8, 4) is 0 Å². The van der Waals surface area contributed by atoms with Gasteiger partial charge in [0.05, 0.1) is 0 Å². The number of carbonyl (C=O) groups is 1. The lowest BCUT2D eigenvalue weighted by Crippen LogP contribution is -1.92. The molecule has 0 saturated heterocycles. The van der Waals surface area contributed by atoms with Gasteiger partial charge in [0.2, 0.25) is 0 Å². The molecule has 0 aromatic heterocycles. The minimum absolute atomic E-state index is 0.258. The highest BCUT2D eigenvalue weighted by Crippen LogP contribution is 1.99. The molecule has 0 bridgehead atoms. The molecular weight excluding hydrogens is 272 g/mol. The largest absolute Gasteiger partial charge is 0.481 e. The van der Waals surface area contributed by atoms with Crippen LogP contribution in [0, 0.1) is 0 Å². The summed E-state index contributed by atoms with van der Waals surface area (Å²) in [6.07, 6.45) is 28.4. The average molecular weight is 302 g/mol. The summed E-state index contributed by atoms with van der Waals surface area (Å²) in [7, 11) is 0. The third-order valence-electron chi connectivity index (χ3n) is 2.92. The zero-order valence-corrected chi connectivity index (χ0v) is 13.8. The van der Waals surface area contributed by atoms with Crippen molar-refractivity contribution < 1.29 is 9.90 Å². The van der Waals surface area contributed by atoms with E-state index in [4.69, 9.17) is 5.11 Å². The standard InChI is InChI=1S/C20H30O2/c1-2-3-4-5-6-7-8-9-10-11-12-13-14-15-16-17-18-19-20(21)22/h3-4,6-7,9-10,12-13,15-16H,2,5,8,11,14,17-19H2,1H3,(H,21,22)/b4-3+,7-6+,10-9-,13-12+,16-15-. The van der Waals surface area contributed by atoms with Crippen LogP contribution in [0.1, 0.15) is 58.3 Å². The molecule has 0 aliphatic rings. The van der Waals surface area contributed by atoms with E-state index in [-0.39, 0.29) is 6.42 Å². The average Bonchev–Trinajstić information content (AvgIpc) is 2.50. The molecule has 0 spiro atoms. The molecule has 122 valence electrons. The third-order valence-corrected chi connectivity index (χ3v) is 2.92. The monoisotopic (exact) mass is 302 g/mol. The quantitative estimate of drug-likeness (QED) is 0.335. The van der Waals surface area contributed by atoms with E-state index in [0.29, 0.717) is 0 Å². The van der Waals surface area contributed by atoms with Crippen molar-refractivity contribution in [1.82, 2.24) is 0 Å². The van der Waals surface area contributed by atoms with Crippen molar-refractivity contribution in [2.75, 3.05) is 0 Å². The minimum atomic E-state index is -0.715. The smallest absolute Gasteiger partial charge is 0.303 e. The molecule has 2 nitrogen and oxygen atoms in total. The maximum absolute atomic E-state index is 10.3. The maximum atomic E-state index is 10.3. The molecular formula is C20H30O2. The molecule has 0 aliphatic carbocycles. The predicted molar refractivity (Wildman–Crippen MR) is 95.9 cm³/mol. The van der Waals surface area contributed by atoms with E-state index in [1.165, 1.54) is 0 Å². The van der Waals surface area contributed by atoms with Crippen molar-refractivity contribution in [2.24, 2.45) is 0 Å². The molecule has 0 fully saturated rings. The second kappa shape index (κ2) is 17.2. The first-order valence-corrected chi connectivity index (χ1v) is 8.24. The van der Waals surface area contributed by atoms with Gasteiger partial charge in [0, 0.05) is 6.42 Å². The molecule has 1 N–H and O–H groups in total. The van der Waals surface area contributed by atoms with Gasteiger partial charge < -0.3 is 5.11 Å². The summed E-state index contributed by atoms with van der Waals surface area (Å²) in [5.41, 5.74) is 0. The predicted octanol–water partition coefficient (Wildman–Crippen LogP) is 5.99. The zero-order chi connectivity index (χ0) is 16.3. The van der Waals surface area contributed by atoms with Gasteiger partial charge >= 0.3 is 5.97 Å². The first-order chi connectivity index (χ1) is 10.8. The second-order valence-electron chi connectivity index (χ2n) is 4.99. The van der Waals surface area contributed by atoms with Gasteiger partial charge in [-0.15, -0.1) is 0 Å². The van der Waals surface area contributed by atoms with Crippen molar-refractivity contribution >= 4 is 5.97 Å². The van der Waals surface area contributed by atoms with Gasteiger partial charge in [-0.1, -0.05) is 67.7 Å². The van der Waals surface area contributed by atoms with Crippen LogP contribution in [0.5, 0.6) is 0 Å². The van der Waals surface area contributed by atoms with Gasteiger partial charge in [0.25, 0.3) is 0 Å². The summed E-state index contributed by atoms with van der Waals surface area (Å²) in [6, 6.07) is 0. The fraction of sp³-hybridized carbons (Fsp3) is 0.450. The molecule has 0 radical (unpaired) electrons. The fourth-order valence-corrected chi connectivity index (χ4v) is 1.74. The van der Waals surface area contributed by atoms with Gasteiger partial charge in [-0.2, -0.15) is 0 Å². The third kappa shape index (κ3) is 18.2. The highest BCUT2D eigenvalue weighted by Gasteiger charge is 1.92. The SMILES string of the molecule is CC/C=C/C/C=C/C/C=C\C/C=C/C/C=C\CCCC(=O)O. The minimum Gasteiger partial charge on any atom is -0.481 e. The Labute approximate surface area is 135 Å². The van der Waals surface area contributed by atoms with Crippen molar-refractivity contribution in [2.45, 2.75) is 58.3 Å². The van der Waals surface area contributed by atoms with Crippen LogP contribution in [0.15, 0.2) is 60.8 Å². The summed E-state index contributed by atoms with van der Waals surface area (Å²) in [4.78, 5) is 10.3. The first kappa shape index (κ1) is 20.2. The Balaban J connectivity index is 3.46. The lowest BCUT2D eigenvalue weighted by Gasteiger charge is -1.89. The van der Waals surface area contributed by atoms with Crippen LogP contribution in [0.2, 0.25) is 0 Å². The highest BCUT2D eigenvalue weighted by molar-refractivity contribution is 5.66. The number of unbranched alkanes of at least 4 members (excludes halogenated alkanes) is 1. The summed E-state index contributed by atoms with van der Waals surface area (Å²) in [5.74, 6) is -0.715. The molecule has 0 rings (SSSR count). The van der Waals surface area contributed by atoms with Crippen LogP contribution in [0.3, 0.4) is 0 Å². The Bertz CT molecular complexity index is 398. The molecule has 0 aromatic carbocycles. The lowest BCUT2D eigenvalue weighted by molar-refractivity contribution is -0.137. The fourth-order valence-electron chi connectivity index (χ4n) is 1.74. The van der Waals surface area contributed by atoms with Crippen molar-refractivity contribution in [1.29, 1.82) is 0 Å².